The molecule has 0 radical (unpaired) electrons. The van der Waals surface area contributed by atoms with Crippen molar-refractivity contribution >= 4 is 42.9 Å². The lowest BCUT2D eigenvalue weighted by atomic mass is 10.0. The fourth-order valence-electron chi connectivity index (χ4n) is 5.05. The Balaban J connectivity index is 1.38. The van der Waals surface area contributed by atoms with E-state index in [-0.39, 0.29) is 5.75 Å². The molecule has 0 aliphatic heterocycles. The molecule has 0 aliphatic rings. The largest absolute Gasteiger partial charge is 0.508 e. The number of hydrogen-bond acceptors (Lipinski definition) is 6. The van der Waals surface area contributed by atoms with Crippen LogP contribution in [0.1, 0.15) is 51.4 Å². The molecule has 5 rings (SSSR count). The lowest BCUT2D eigenvalue weighted by Crippen LogP contribution is -1.99. The van der Waals surface area contributed by atoms with E-state index < -0.39 is 0 Å². The second kappa shape index (κ2) is 17.9. The zero-order chi connectivity index (χ0) is 32.0. The molecular weight excluding hydrogens is 708 g/mol. The number of nitrogens with zero attached hydrogens (tertiary/aromatic N) is 2. The number of fused-ring (bicyclic) bond motifs is 1. The number of aromatic nitrogens is 2. The Hall–Kier alpha value is -3.62. The van der Waals surface area contributed by atoms with Gasteiger partial charge in [0.1, 0.15) is 28.7 Å². The SMILES string of the molecule is Oc1ccc(Oc2ccc3nc(-c4ccc(OCCCCCCBr)cc4)c(-c4ccc(OCCCCCCBr)cc4)nc3c2)cc1. The molecule has 0 spiro atoms. The van der Waals surface area contributed by atoms with Crippen LogP contribution < -0.4 is 14.2 Å². The maximum Gasteiger partial charge on any atom is 0.129 e. The summed E-state index contributed by atoms with van der Waals surface area (Å²) in [5.74, 6) is 3.15. The van der Waals surface area contributed by atoms with Crippen LogP contribution in [-0.2, 0) is 0 Å². The second-order valence-corrected chi connectivity index (χ2v) is 12.7. The monoisotopic (exact) mass is 746 g/mol. The molecule has 0 saturated carbocycles. The fraction of sp³-hybridized carbons (Fsp3) is 0.316. The van der Waals surface area contributed by atoms with Crippen LogP contribution in [0, 0.1) is 0 Å². The van der Waals surface area contributed by atoms with E-state index in [0.717, 1.165) is 68.5 Å². The highest BCUT2D eigenvalue weighted by Gasteiger charge is 2.15. The van der Waals surface area contributed by atoms with E-state index in [1.165, 1.54) is 38.5 Å². The minimum atomic E-state index is 0.191. The van der Waals surface area contributed by atoms with Crippen molar-refractivity contribution in [1.82, 2.24) is 9.97 Å². The normalized spacial score (nSPS) is 11.1. The van der Waals surface area contributed by atoms with Crippen molar-refractivity contribution in [2.45, 2.75) is 51.4 Å². The molecular formula is C38H40Br2N2O4. The quantitative estimate of drug-likeness (QED) is 0.0711. The first-order valence-electron chi connectivity index (χ1n) is 16.0. The lowest BCUT2D eigenvalue weighted by molar-refractivity contribution is 0.305. The molecule has 46 heavy (non-hydrogen) atoms. The number of phenolic OH excluding ortho intramolecular Hbond substituents is 1. The Labute approximate surface area is 288 Å². The smallest absolute Gasteiger partial charge is 0.129 e. The number of phenols is 1. The van der Waals surface area contributed by atoms with Gasteiger partial charge < -0.3 is 19.3 Å². The van der Waals surface area contributed by atoms with Crippen LogP contribution in [0.15, 0.2) is 91.0 Å². The highest BCUT2D eigenvalue weighted by Crippen LogP contribution is 2.34. The minimum Gasteiger partial charge on any atom is -0.508 e. The number of rotatable bonds is 18. The molecule has 0 saturated heterocycles. The van der Waals surface area contributed by atoms with Crippen LogP contribution in [-0.4, -0.2) is 38.9 Å². The van der Waals surface area contributed by atoms with E-state index in [9.17, 15) is 5.11 Å². The zero-order valence-electron chi connectivity index (χ0n) is 26.0. The molecule has 240 valence electrons. The average molecular weight is 749 g/mol. The summed E-state index contributed by atoms with van der Waals surface area (Å²) in [6.45, 7) is 1.42. The number of ether oxygens (including phenoxy) is 3. The number of hydrogen-bond donors (Lipinski definition) is 1. The molecule has 0 atom stereocenters. The average Bonchev–Trinajstić information content (AvgIpc) is 3.09. The van der Waals surface area contributed by atoms with E-state index in [2.05, 4.69) is 44.0 Å². The summed E-state index contributed by atoms with van der Waals surface area (Å²) in [7, 11) is 0. The van der Waals surface area contributed by atoms with Gasteiger partial charge in [-0.15, -0.1) is 0 Å². The van der Waals surface area contributed by atoms with E-state index in [0.29, 0.717) is 24.7 Å². The van der Waals surface area contributed by atoms with Crippen molar-refractivity contribution < 1.29 is 19.3 Å². The molecule has 1 aromatic heterocycles. The fourth-order valence-corrected chi connectivity index (χ4v) is 5.84. The summed E-state index contributed by atoms with van der Waals surface area (Å²) in [4.78, 5) is 10.2. The summed E-state index contributed by atoms with van der Waals surface area (Å²) in [6.07, 6.45) is 9.24. The highest BCUT2D eigenvalue weighted by atomic mass is 79.9. The zero-order valence-corrected chi connectivity index (χ0v) is 29.1. The molecule has 1 N–H and O–H groups in total. The summed E-state index contributed by atoms with van der Waals surface area (Å²) in [6, 6.07) is 28.6. The van der Waals surface area contributed by atoms with Gasteiger partial charge in [-0.1, -0.05) is 57.5 Å². The van der Waals surface area contributed by atoms with Gasteiger partial charge in [0, 0.05) is 27.9 Å². The molecule has 0 bridgehead atoms. The molecule has 0 unspecified atom stereocenters. The van der Waals surface area contributed by atoms with Gasteiger partial charge in [0.15, 0.2) is 0 Å². The van der Waals surface area contributed by atoms with Gasteiger partial charge in [-0.25, -0.2) is 9.97 Å². The molecule has 8 heteroatoms. The second-order valence-electron chi connectivity index (χ2n) is 11.1. The van der Waals surface area contributed by atoms with Crippen molar-refractivity contribution in [3.05, 3.63) is 91.0 Å². The number of unbranched alkanes of at least 4 members (excludes halogenated alkanes) is 6. The van der Waals surface area contributed by atoms with Gasteiger partial charge in [0.2, 0.25) is 0 Å². The first kappa shape index (κ1) is 33.7. The van der Waals surface area contributed by atoms with Gasteiger partial charge in [0.05, 0.1) is 35.6 Å². The van der Waals surface area contributed by atoms with Crippen LogP contribution in [0.25, 0.3) is 33.5 Å². The van der Waals surface area contributed by atoms with Crippen LogP contribution in [0.5, 0.6) is 28.7 Å². The molecule has 0 amide bonds. The summed E-state index contributed by atoms with van der Waals surface area (Å²) in [5, 5.41) is 11.7. The third kappa shape index (κ3) is 9.94. The summed E-state index contributed by atoms with van der Waals surface area (Å²) < 4.78 is 18.1. The highest BCUT2D eigenvalue weighted by molar-refractivity contribution is 9.09. The maximum atomic E-state index is 9.62. The van der Waals surface area contributed by atoms with Crippen LogP contribution in [0.4, 0.5) is 0 Å². The molecule has 0 fully saturated rings. The summed E-state index contributed by atoms with van der Waals surface area (Å²) in [5.41, 5.74) is 4.96. The van der Waals surface area contributed by atoms with E-state index >= 15 is 0 Å². The molecule has 6 nitrogen and oxygen atoms in total. The van der Waals surface area contributed by atoms with E-state index in [4.69, 9.17) is 24.2 Å². The summed E-state index contributed by atoms with van der Waals surface area (Å²) >= 11 is 6.98. The molecule has 4 aromatic carbocycles. The van der Waals surface area contributed by atoms with Crippen molar-refractivity contribution in [3.8, 4) is 51.3 Å². The van der Waals surface area contributed by atoms with Gasteiger partial charge in [-0.3, -0.25) is 0 Å². The van der Waals surface area contributed by atoms with Crippen LogP contribution in [0.2, 0.25) is 0 Å². The number of aromatic hydroxyl groups is 1. The first-order chi connectivity index (χ1) is 22.6. The van der Waals surface area contributed by atoms with Crippen LogP contribution in [0.3, 0.4) is 0 Å². The lowest BCUT2D eigenvalue weighted by Gasteiger charge is -2.13. The van der Waals surface area contributed by atoms with Crippen molar-refractivity contribution in [3.63, 3.8) is 0 Å². The Morgan fingerprint density at radius 1 is 0.478 bits per heavy atom. The predicted molar refractivity (Wildman–Crippen MR) is 194 cm³/mol. The topological polar surface area (TPSA) is 73.7 Å². The van der Waals surface area contributed by atoms with Crippen molar-refractivity contribution in [2.24, 2.45) is 0 Å². The number of halogens is 2. The van der Waals surface area contributed by atoms with Crippen molar-refractivity contribution in [2.75, 3.05) is 23.9 Å². The number of alkyl halides is 2. The minimum absolute atomic E-state index is 0.191. The third-order valence-corrected chi connectivity index (χ3v) is 8.68. The molecule has 1 heterocycles. The van der Waals surface area contributed by atoms with Gasteiger partial charge in [-0.2, -0.15) is 0 Å². The van der Waals surface area contributed by atoms with E-state index in [1.807, 2.05) is 54.6 Å². The number of benzene rings is 4. The maximum absolute atomic E-state index is 9.62. The Bertz CT molecular complexity index is 1650. The standard InChI is InChI=1S/C38H40Br2N2O4/c39-23-5-1-3-7-25-44-31-15-9-28(10-16-31)37-38(29-11-17-32(18-12-29)45-26-8-4-2-6-24-40)42-36-27-34(21-22-35(36)41-37)46-33-19-13-30(43)14-20-33/h9-22,27,43H,1-8,23-26H2. The van der Waals surface area contributed by atoms with Gasteiger partial charge in [-0.05, 0) is 111 Å². The molecule has 5 aromatic rings. The Morgan fingerprint density at radius 2 is 0.935 bits per heavy atom. The Kier molecular flexibility index (Phi) is 13.1. The van der Waals surface area contributed by atoms with Gasteiger partial charge in [0.25, 0.3) is 0 Å². The van der Waals surface area contributed by atoms with Crippen molar-refractivity contribution in [1.29, 1.82) is 0 Å². The van der Waals surface area contributed by atoms with E-state index in [1.54, 1.807) is 24.3 Å². The van der Waals surface area contributed by atoms with Gasteiger partial charge >= 0.3 is 0 Å². The first-order valence-corrected chi connectivity index (χ1v) is 18.2. The molecule has 0 aliphatic carbocycles. The Morgan fingerprint density at radius 3 is 1.46 bits per heavy atom. The predicted octanol–water partition coefficient (Wildman–Crippen LogP) is 11.1. The van der Waals surface area contributed by atoms with Crippen LogP contribution >= 0.6 is 31.9 Å². The third-order valence-electron chi connectivity index (χ3n) is 7.56.